The van der Waals surface area contributed by atoms with E-state index in [1.54, 1.807) is 0 Å². The summed E-state index contributed by atoms with van der Waals surface area (Å²) in [6.45, 7) is 2.24. The van der Waals surface area contributed by atoms with Gasteiger partial charge in [0.25, 0.3) is 0 Å². The van der Waals surface area contributed by atoms with Gasteiger partial charge in [-0.1, -0.05) is 41.9 Å². The first kappa shape index (κ1) is 17.1. The van der Waals surface area contributed by atoms with Crippen molar-refractivity contribution in [2.75, 3.05) is 13.2 Å². The minimum atomic E-state index is -0.0900. The predicted molar refractivity (Wildman–Crippen MR) is 104 cm³/mol. The maximum absolute atomic E-state index is 6.01. The van der Waals surface area contributed by atoms with Crippen LogP contribution in [0.25, 0.3) is 10.9 Å². The molecule has 0 atom stereocenters. The fraction of sp³-hybridized carbons (Fsp3) is 0.300. The van der Waals surface area contributed by atoms with Crippen molar-refractivity contribution in [3.8, 4) is 0 Å². The van der Waals surface area contributed by atoms with Crippen LogP contribution in [0.5, 0.6) is 0 Å². The van der Waals surface area contributed by atoms with Gasteiger partial charge in [-0.05, 0) is 45.3 Å². The van der Waals surface area contributed by atoms with Crippen molar-refractivity contribution in [1.82, 2.24) is 4.57 Å². The molecule has 1 aliphatic heterocycles. The number of aryl methyl sites for hydroxylation is 1. The summed E-state index contributed by atoms with van der Waals surface area (Å²) in [4.78, 5) is 0. The van der Waals surface area contributed by atoms with Crippen molar-refractivity contribution in [3.63, 3.8) is 0 Å². The molecule has 0 bridgehead atoms. The molecular formula is C20H19BrClNO2. The van der Waals surface area contributed by atoms with Crippen LogP contribution in [0.15, 0.2) is 53.1 Å². The first-order valence-corrected chi connectivity index (χ1v) is 9.63. The third-order valence-electron chi connectivity index (χ3n) is 4.58. The lowest BCUT2D eigenvalue weighted by atomic mass is 10.0. The molecule has 0 radical (unpaired) electrons. The second-order valence-corrected chi connectivity index (χ2v) is 7.39. The number of aromatic nitrogens is 1. The molecule has 1 aliphatic rings. The quantitative estimate of drug-likeness (QED) is 0.551. The Morgan fingerprint density at radius 1 is 1.04 bits per heavy atom. The molecule has 5 heteroatoms. The zero-order valence-corrected chi connectivity index (χ0v) is 16.1. The van der Waals surface area contributed by atoms with Crippen LogP contribution in [0.1, 0.15) is 17.5 Å². The number of fused-ring (bicyclic) bond motifs is 1. The van der Waals surface area contributed by atoms with E-state index in [-0.39, 0.29) is 6.29 Å². The van der Waals surface area contributed by atoms with E-state index < -0.39 is 0 Å². The molecule has 1 fully saturated rings. The third-order valence-corrected chi connectivity index (χ3v) is 5.74. The van der Waals surface area contributed by atoms with Crippen molar-refractivity contribution in [3.05, 3.63) is 69.3 Å². The van der Waals surface area contributed by atoms with E-state index in [1.807, 2.05) is 12.1 Å². The summed E-state index contributed by atoms with van der Waals surface area (Å²) in [6, 6.07) is 16.6. The Labute approximate surface area is 160 Å². The molecule has 3 aromatic rings. The summed E-state index contributed by atoms with van der Waals surface area (Å²) in [7, 11) is 0. The van der Waals surface area contributed by atoms with Crippen LogP contribution in [0, 0.1) is 0 Å². The summed E-state index contributed by atoms with van der Waals surface area (Å²) in [5.74, 6) is 0. The van der Waals surface area contributed by atoms with Gasteiger partial charge < -0.3 is 14.0 Å². The second kappa shape index (κ2) is 7.50. The lowest BCUT2D eigenvalue weighted by molar-refractivity contribution is -0.0489. The van der Waals surface area contributed by atoms with Gasteiger partial charge in [-0.3, -0.25) is 0 Å². The smallest absolute Gasteiger partial charge is 0.159 e. The van der Waals surface area contributed by atoms with E-state index in [0.29, 0.717) is 13.2 Å². The Balaban J connectivity index is 1.66. The number of hydrogen-bond acceptors (Lipinski definition) is 2. The average molecular weight is 421 g/mol. The van der Waals surface area contributed by atoms with Gasteiger partial charge in [0.2, 0.25) is 0 Å². The summed E-state index contributed by atoms with van der Waals surface area (Å²) in [5.41, 5.74) is 3.78. The lowest BCUT2D eigenvalue weighted by Gasteiger charge is -2.12. The van der Waals surface area contributed by atoms with Crippen LogP contribution < -0.4 is 0 Å². The molecule has 25 heavy (non-hydrogen) atoms. The van der Waals surface area contributed by atoms with Crippen molar-refractivity contribution in [2.45, 2.75) is 25.7 Å². The van der Waals surface area contributed by atoms with E-state index in [1.165, 1.54) is 22.0 Å². The van der Waals surface area contributed by atoms with Gasteiger partial charge in [0.1, 0.15) is 0 Å². The molecule has 130 valence electrons. The Kier molecular flexibility index (Phi) is 5.13. The van der Waals surface area contributed by atoms with Crippen LogP contribution in [-0.4, -0.2) is 24.1 Å². The maximum atomic E-state index is 6.01. The molecule has 3 nitrogen and oxygen atoms in total. The molecular weight excluding hydrogens is 402 g/mol. The Bertz CT molecular complexity index is 869. The highest BCUT2D eigenvalue weighted by molar-refractivity contribution is 9.10. The molecule has 0 aliphatic carbocycles. The molecule has 2 heterocycles. The maximum Gasteiger partial charge on any atom is 0.159 e. The normalized spacial score (nSPS) is 15.3. The molecule has 0 N–H and O–H groups in total. The highest BCUT2D eigenvalue weighted by Crippen LogP contribution is 2.33. The summed E-state index contributed by atoms with van der Waals surface area (Å²) in [6.07, 6.45) is 1.62. The largest absolute Gasteiger partial charge is 0.350 e. The minimum Gasteiger partial charge on any atom is -0.350 e. The fourth-order valence-electron chi connectivity index (χ4n) is 3.35. The number of benzene rings is 2. The molecule has 2 aromatic carbocycles. The molecule has 4 rings (SSSR count). The van der Waals surface area contributed by atoms with Crippen molar-refractivity contribution >= 4 is 38.4 Å². The van der Waals surface area contributed by atoms with Crippen LogP contribution >= 0.6 is 27.5 Å². The number of halogens is 2. The molecule has 1 aromatic heterocycles. The number of para-hydroxylation sites is 1. The summed E-state index contributed by atoms with van der Waals surface area (Å²) < 4.78 is 14.6. The van der Waals surface area contributed by atoms with E-state index in [4.69, 9.17) is 21.1 Å². The monoisotopic (exact) mass is 419 g/mol. The van der Waals surface area contributed by atoms with Gasteiger partial charge in [0.05, 0.1) is 17.8 Å². The molecule has 0 amide bonds. The van der Waals surface area contributed by atoms with Crippen molar-refractivity contribution < 1.29 is 9.47 Å². The van der Waals surface area contributed by atoms with E-state index in [9.17, 15) is 0 Å². The SMILES string of the molecule is Clc1ccc(Cc2c(Br)n(CCC3OCCO3)c3ccccc23)cc1. The number of hydrogen-bond donors (Lipinski definition) is 0. The van der Waals surface area contributed by atoms with Gasteiger partial charge in [-0.15, -0.1) is 0 Å². The average Bonchev–Trinajstić information content (AvgIpc) is 3.23. The predicted octanol–water partition coefficient (Wildman–Crippen LogP) is 5.41. The fourth-order valence-corrected chi connectivity index (χ4v) is 4.19. The van der Waals surface area contributed by atoms with E-state index >= 15 is 0 Å². The summed E-state index contributed by atoms with van der Waals surface area (Å²) in [5, 5.41) is 2.04. The molecule has 0 spiro atoms. The first-order chi connectivity index (χ1) is 12.2. The third kappa shape index (κ3) is 3.63. The van der Waals surface area contributed by atoms with Crippen molar-refractivity contribution in [1.29, 1.82) is 0 Å². The van der Waals surface area contributed by atoms with Gasteiger partial charge in [-0.2, -0.15) is 0 Å². The van der Waals surface area contributed by atoms with Gasteiger partial charge in [-0.25, -0.2) is 0 Å². The Hall–Kier alpha value is -1.33. The molecule has 0 unspecified atom stereocenters. The molecule has 0 saturated carbocycles. The van der Waals surface area contributed by atoms with Crippen LogP contribution in [0.2, 0.25) is 5.02 Å². The van der Waals surface area contributed by atoms with E-state index in [0.717, 1.165) is 29.0 Å². The zero-order chi connectivity index (χ0) is 17.2. The minimum absolute atomic E-state index is 0.0900. The van der Waals surface area contributed by atoms with E-state index in [2.05, 4.69) is 56.9 Å². The highest BCUT2D eigenvalue weighted by Gasteiger charge is 2.19. The molecule has 1 saturated heterocycles. The van der Waals surface area contributed by atoms with Gasteiger partial charge in [0.15, 0.2) is 6.29 Å². The lowest BCUT2D eigenvalue weighted by Crippen LogP contribution is -2.12. The van der Waals surface area contributed by atoms with Gasteiger partial charge in [0, 0.05) is 35.3 Å². The van der Waals surface area contributed by atoms with Crippen LogP contribution in [-0.2, 0) is 22.4 Å². The Morgan fingerprint density at radius 2 is 1.76 bits per heavy atom. The summed E-state index contributed by atoms with van der Waals surface area (Å²) >= 11 is 9.84. The number of nitrogens with zero attached hydrogens (tertiary/aromatic N) is 1. The number of ether oxygens (including phenoxy) is 2. The van der Waals surface area contributed by atoms with Crippen molar-refractivity contribution in [2.24, 2.45) is 0 Å². The van der Waals surface area contributed by atoms with Crippen LogP contribution in [0.3, 0.4) is 0 Å². The highest BCUT2D eigenvalue weighted by atomic mass is 79.9. The zero-order valence-electron chi connectivity index (χ0n) is 13.8. The van der Waals surface area contributed by atoms with Gasteiger partial charge >= 0.3 is 0 Å². The number of rotatable bonds is 5. The first-order valence-electron chi connectivity index (χ1n) is 8.45. The standard InChI is InChI=1S/C20H19BrClNO2/c21-20-17(13-14-5-7-15(22)8-6-14)16-3-1-2-4-18(16)23(20)10-9-19-24-11-12-25-19/h1-8,19H,9-13H2. The second-order valence-electron chi connectivity index (χ2n) is 6.20. The topological polar surface area (TPSA) is 23.4 Å². The van der Waals surface area contributed by atoms with Crippen LogP contribution in [0.4, 0.5) is 0 Å². The Morgan fingerprint density at radius 3 is 2.52 bits per heavy atom.